The molecule has 2 aromatic heterocycles. The first-order chi connectivity index (χ1) is 14.6. The van der Waals surface area contributed by atoms with E-state index in [1.807, 2.05) is 71.6 Å². The number of pyridine rings is 1. The molecule has 2 heterocycles. The van der Waals surface area contributed by atoms with Gasteiger partial charge in [-0.3, -0.25) is 4.98 Å². The Morgan fingerprint density at radius 2 is 1.80 bits per heavy atom. The van der Waals surface area contributed by atoms with Crippen molar-refractivity contribution in [3.05, 3.63) is 95.9 Å². The lowest BCUT2D eigenvalue weighted by Gasteiger charge is -2.02. The Balaban J connectivity index is 1.76. The van der Waals surface area contributed by atoms with Crippen LogP contribution >= 0.6 is 0 Å². The number of hydrogen-bond acceptors (Lipinski definition) is 4. The van der Waals surface area contributed by atoms with Gasteiger partial charge in [0.2, 0.25) is 0 Å². The van der Waals surface area contributed by atoms with Crippen LogP contribution < -0.4 is 4.74 Å². The Hall–Kier alpha value is -4.19. The highest BCUT2D eigenvalue weighted by atomic mass is 16.5. The number of benzene rings is 2. The maximum absolute atomic E-state index is 11.2. The molecule has 1 N–H and O–H groups in total. The highest BCUT2D eigenvalue weighted by molar-refractivity contribution is 5.88. The molecule has 0 radical (unpaired) electrons. The minimum Gasteiger partial charge on any atom is -0.497 e. The summed E-state index contributed by atoms with van der Waals surface area (Å²) in [5.41, 5.74) is 4.32. The molecular weight excluding hydrogens is 378 g/mol. The van der Waals surface area contributed by atoms with Gasteiger partial charge in [0.25, 0.3) is 0 Å². The Morgan fingerprint density at radius 1 is 1.03 bits per heavy atom. The Bertz CT molecular complexity index is 1200. The summed E-state index contributed by atoms with van der Waals surface area (Å²) >= 11 is 0. The van der Waals surface area contributed by atoms with E-state index in [-0.39, 0.29) is 5.56 Å². The van der Waals surface area contributed by atoms with Crippen LogP contribution in [0, 0.1) is 0 Å². The smallest absolute Gasteiger partial charge is 0.335 e. The summed E-state index contributed by atoms with van der Waals surface area (Å²) in [7, 11) is 1.63. The summed E-state index contributed by atoms with van der Waals surface area (Å²) in [6.07, 6.45) is 7.10. The van der Waals surface area contributed by atoms with E-state index in [2.05, 4.69) is 4.98 Å². The number of para-hydroxylation sites is 1. The van der Waals surface area contributed by atoms with E-state index in [0.717, 1.165) is 28.3 Å². The second kappa shape index (κ2) is 8.45. The normalized spacial score (nSPS) is 11.0. The average molecular weight is 397 g/mol. The summed E-state index contributed by atoms with van der Waals surface area (Å²) in [5.74, 6) is -0.212. The predicted molar refractivity (Wildman–Crippen MR) is 116 cm³/mol. The minimum absolute atomic E-state index is 0.194. The number of ether oxygens (including phenoxy) is 1. The molecule has 2 aromatic carbocycles. The van der Waals surface area contributed by atoms with Crippen molar-refractivity contribution in [1.29, 1.82) is 0 Å². The fourth-order valence-electron chi connectivity index (χ4n) is 3.04. The molecule has 4 rings (SSSR count). The maximum Gasteiger partial charge on any atom is 0.335 e. The van der Waals surface area contributed by atoms with Crippen LogP contribution in [-0.2, 0) is 0 Å². The van der Waals surface area contributed by atoms with E-state index in [0.29, 0.717) is 5.69 Å². The molecule has 0 aliphatic rings. The molecular formula is C24H19N3O3. The van der Waals surface area contributed by atoms with Gasteiger partial charge < -0.3 is 9.84 Å². The molecule has 0 saturated heterocycles. The molecule has 0 fully saturated rings. The molecule has 148 valence electrons. The summed E-state index contributed by atoms with van der Waals surface area (Å²) < 4.78 is 7.07. The van der Waals surface area contributed by atoms with Crippen LogP contribution in [0.15, 0.2) is 79.1 Å². The zero-order valence-electron chi connectivity index (χ0n) is 16.3. The number of carbonyl (C=O) groups is 1. The SMILES string of the molecule is COc1ccc(-c2nn(-c3ccccc3)cc2/C=C/c2cc(C(=O)O)ccn2)cc1. The van der Waals surface area contributed by atoms with Gasteiger partial charge in [-0.15, -0.1) is 0 Å². The number of carboxylic acids is 1. The Kier molecular flexibility index (Phi) is 5.39. The zero-order valence-corrected chi connectivity index (χ0v) is 16.3. The van der Waals surface area contributed by atoms with Gasteiger partial charge in [-0.25, -0.2) is 9.48 Å². The number of hydrogen-bond donors (Lipinski definition) is 1. The molecule has 0 atom stereocenters. The first kappa shape index (κ1) is 19.1. The van der Waals surface area contributed by atoms with Crippen LogP contribution in [0.1, 0.15) is 21.6 Å². The van der Waals surface area contributed by atoms with Crippen LogP contribution in [0.5, 0.6) is 5.75 Å². The third kappa shape index (κ3) is 4.12. The number of rotatable bonds is 6. The van der Waals surface area contributed by atoms with Crippen molar-refractivity contribution in [3.63, 3.8) is 0 Å². The molecule has 0 amide bonds. The number of nitrogens with zero attached hydrogens (tertiary/aromatic N) is 3. The van der Waals surface area contributed by atoms with Gasteiger partial charge in [0.1, 0.15) is 5.75 Å². The van der Waals surface area contributed by atoms with Crippen molar-refractivity contribution >= 4 is 18.1 Å². The summed E-state index contributed by atoms with van der Waals surface area (Å²) in [4.78, 5) is 15.4. The van der Waals surface area contributed by atoms with Crippen LogP contribution in [-0.4, -0.2) is 33.0 Å². The number of carboxylic acid groups (broad SMARTS) is 1. The molecule has 0 aliphatic heterocycles. The third-order valence-corrected chi connectivity index (χ3v) is 4.59. The molecule has 6 nitrogen and oxygen atoms in total. The highest BCUT2D eigenvalue weighted by Gasteiger charge is 2.11. The van der Waals surface area contributed by atoms with Gasteiger partial charge in [0.05, 0.1) is 29.7 Å². The van der Waals surface area contributed by atoms with E-state index in [4.69, 9.17) is 9.84 Å². The van der Waals surface area contributed by atoms with Gasteiger partial charge in [-0.1, -0.05) is 18.2 Å². The van der Waals surface area contributed by atoms with Gasteiger partial charge in [-0.05, 0) is 60.7 Å². The fourth-order valence-corrected chi connectivity index (χ4v) is 3.04. The lowest BCUT2D eigenvalue weighted by molar-refractivity contribution is 0.0696. The monoisotopic (exact) mass is 397 g/mol. The van der Waals surface area contributed by atoms with E-state index < -0.39 is 5.97 Å². The molecule has 0 bridgehead atoms. The lowest BCUT2D eigenvalue weighted by atomic mass is 10.1. The van der Waals surface area contributed by atoms with E-state index in [1.165, 1.54) is 18.3 Å². The van der Waals surface area contributed by atoms with Gasteiger partial charge >= 0.3 is 5.97 Å². The third-order valence-electron chi connectivity index (χ3n) is 4.59. The average Bonchev–Trinajstić information content (AvgIpc) is 3.23. The second-order valence-corrected chi connectivity index (χ2v) is 6.55. The predicted octanol–water partition coefficient (Wildman–Crippen LogP) is 4.81. The molecule has 0 spiro atoms. The van der Waals surface area contributed by atoms with Gasteiger partial charge in [0.15, 0.2) is 0 Å². The number of aromatic carboxylic acids is 1. The fraction of sp³-hybridized carbons (Fsp3) is 0.0417. The van der Waals surface area contributed by atoms with Crippen molar-refractivity contribution in [2.75, 3.05) is 7.11 Å². The minimum atomic E-state index is -0.983. The van der Waals surface area contributed by atoms with Crippen LogP contribution in [0.25, 0.3) is 29.1 Å². The van der Waals surface area contributed by atoms with Crippen molar-refractivity contribution < 1.29 is 14.6 Å². The summed E-state index contributed by atoms with van der Waals surface area (Å²) in [6.45, 7) is 0. The van der Waals surface area contributed by atoms with E-state index >= 15 is 0 Å². The van der Waals surface area contributed by atoms with E-state index in [1.54, 1.807) is 13.2 Å². The molecule has 0 aliphatic carbocycles. The Morgan fingerprint density at radius 3 is 2.50 bits per heavy atom. The van der Waals surface area contributed by atoms with Crippen molar-refractivity contribution in [1.82, 2.24) is 14.8 Å². The molecule has 0 unspecified atom stereocenters. The van der Waals surface area contributed by atoms with Crippen LogP contribution in [0.2, 0.25) is 0 Å². The van der Waals surface area contributed by atoms with Gasteiger partial charge in [0, 0.05) is 23.5 Å². The second-order valence-electron chi connectivity index (χ2n) is 6.55. The Labute approximate surface area is 173 Å². The number of aromatic nitrogens is 3. The van der Waals surface area contributed by atoms with Crippen molar-refractivity contribution in [2.24, 2.45) is 0 Å². The summed E-state index contributed by atoms with van der Waals surface area (Å²) in [6, 6.07) is 20.5. The van der Waals surface area contributed by atoms with E-state index in [9.17, 15) is 9.90 Å². The van der Waals surface area contributed by atoms with Crippen LogP contribution in [0.3, 0.4) is 0 Å². The first-order valence-electron chi connectivity index (χ1n) is 9.31. The molecule has 30 heavy (non-hydrogen) atoms. The van der Waals surface area contributed by atoms with Crippen molar-refractivity contribution in [2.45, 2.75) is 0 Å². The maximum atomic E-state index is 11.2. The standard InChI is InChI=1S/C24H19N3O3/c1-30-22-11-8-17(9-12-22)23-19(16-27(26-23)21-5-3-2-4-6-21)7-10-20-15-18(24(28)29)13-14-25-20/h2-16H,1H3,(H,28,29)/b10-7+. The largest absolute Gasteiger partial charge is 0.497 e. The summed E-state index contributed by atoms with van der Waals surface area (Å²) in [5, 5.41) is 14.0. The van der Waals surface area contributed by atoms with Gasteiger partial charge in [-0.2, -0.15) is 5.10 Å². The highest BCUT2D eigenvalue weighted by Crippen LogP contribution is 2.27. The zero-order chi connectivity index (χ0) is 20.9. The quantitative estimate of drug-likeness (QED) is 0.505. The molecule has 4 aromatic rings. The number of methoxy groups -OCH3 is 1. The van der Waals surface area contributed by atoms with Crippen molar-refractivity contribution in [3.8, 4) is 22.7 Å². The topological polar surface area (TPSA) is 77.2 Å². The molecule has 0 saturated carbocycles. The van der Waals surface area contributed by atoms with Crippen LogP contribution in [0.4, 0.5) is 0 Å². The lowest BCUT2D eigenvalue weighted by Crippen LogP contribution is -1.96. The first-order valence-corrected chi connectivity index (χ1v) is 9.31. The molecule has 6 heteroatoms.